The number of nitrogens with zero attached hydrogens (tertiary/aromatic N) is 4. The minimum Gasteiger partial charge on any atom is -0.427 e. The molecule has 0 fully saturated rings. The van der Waals surface area contributed by atoms with E-state index in [1.807, 2.05) is 57.4 Å². The third-order valence-corrected chi connectivity index (χ3v) is 16.5. The SMILES string of the molecule is C.CC(C)(C)CB(O)O.CC(C)(C)Cc1ccc2c(c1)c1c3ccccc3cc3c4nccc5cc(CC(C)(C)C)cc(c54)n2c31.CC(C)(C)Cc1ccc2c(c1)c1c3ccccc3cc3c4nccc5cc(Cl)cc(c54)n2c31.Cc1ccccc1. The first-order valence-corrected chi connectivity index (χ1v) is 30.5. The molecule has 0 spiro atoms. The topological polar surface area (TPSA) is 75.1 Å². The van der Waals surface area contributed by atoms with E-state index >= 15 is 0 Å². The van der Waals surface area contributed by atoms with Crippen molar-refractivity contribution < 1.29 is 10.0 Å². The molecule has 0 aliphatic heterocycles. The van der Waals surface area contributed by atoms with Crippen LogP contribution in [0.4, 0.5) is 0 Å². The van der Waals surface area contributed by atoms with Crippen molar-refractivity contribution in [1.82, 2.24) is 18.8 Å². The smallest absolute Gasteiger partial charge is 0.427 e. The standard InChI is InChI=1S/C35H34N2.C30H23ClN2.C7H8.C5H13BO2.CH4/c1-34(2,3)19-21-11-12-28-26(16-21)31-25-10-8-7-9-23(25)18-27-32-30-24(13-14-36-32)15-22(20-35(4,5)6)17-29(30)37(28)33(27)31;1-30(2,3)16-17-8-9-24-22(12-17)27-21-7-5-4-6-18(21)14-23-28-26-19(10-11-32-28)13-20(31)15-25(26)33(24)29(23)27;1-7-5-3-2-4-6-7;1-5(2,3)4-6(7)8;/h7-18H,19-20H2,1-6H3;4-15H,16H2,1-3H3;2-6H,1H3;7-8H,4H2,1-3H3;1H4. The Labute approximate surface area is 512 Å². The summed E-state index contributed by atoms with van der Waals surface area (Å²) in [6.07, 6.45) is 7.46. The number of aryl methyl sites for hydroxylation is 1. The summed E-state index contributed by atoms with van der Waals surface area (Å²) >= 11 is 6.62. The van der Waals surface area contributed by atoms with Gasteiger partial charge in [-0.05, 0) is 170 Å². The molecule has 15 rings (SSSR count). The third-order valence-electron chi connectivity index (χ3n) is 16.3. The summed E-state index contributed by atoms with van der Waals surface area (Å²) in [5.74, 6) is 0. The monoisotopic (exact) mass is 1150 g/mol. The number of pyridine rings is 4. The lowest BCUT2D eigenvalue weighted by atomic mass is 9.72. The zero-order chi connectivity index (χ0) is 60.1. The van der Waals surface area contributed by atoms with Gasteiger partial charge in [0.15, 0.2) is 0 Å². The van der Waals surface area contributed by atoms with Crippen LogP contribution in [0, 0.1) is 28.6 Å². The van der Waals surface area contributed by atoms with Gasteiger partial charge >= 0.3 is 7.12 Å². The van der Waals surface area contributed by atoms with Crippen molar-refractivity contribution in [2.75, 3.05) is 0 Å². The van der Waals surface area contributed by atoms with Crippen LogP contribution < -0.4 is 0 Å². The molecule has 15 aromatic rings. The maximum atomic E-state index is 8.44. The fraction of sp³-hybridized carbons (Fsp3) is 0.282. The maximum Gasteiger partial charge on any atom is 0.451 e. The Morgan fingerprint density at radius 2 is 0.826 bits per heavy atom. The van der Waals surface area contributed by atoms with E-state index in [4.69, 9.17) is 31.6 Å². The number of halogens is 1. The lowest BCUT2D eigenvalue weighted by molar-refractivity contribution is 0.356. The van der Waals surface area contributed by atoms with Crippen molar-refractivity contribution in [3.8, 4) is 0 Å². The molecule has 9 aromatic carbocycles. The third kappa shape index (κ3) is 11.7. The van der Waals surface area contributed by atoms with Crippen LogP contribution in [0.1, 0.15) is 113 Å². The van der Waals surface area contributed by atoms with Gasteiger partial charge in [0, 0.05) is 60.5 Å². The molecule has 0 bridgehead atoms. The molecule has 0 saturated heterocycles. The van der Waals surface area contributed by atoms with Gasteiger partial charge in [0.2, 0.25) is 0 Å². The average Bonchev–Trinajstić information content (AvgIpc) is 1.52. The molecule has 0 saturated carbocycles. The second kappa shape index (κ2) is 22.5. The first-order chi connectivity index (χ1) is 40.3. The molecular weight excluding hydrogens is 1070 g/mol. The normalized spacial score (nSPS) is 12.5. The highest BCUT2D eigenvalue weighted by Crippen LogP contribution is 2.47. The van der Waals surface area contributed by atoms with Crippen LogP contribution in [-0.2, 0) is 19.3 Å². The lowest BCUT2D eigenvalue weighted by Crippen LogP contribution is -2.19. The molecule has 0 atom stereocenters. The van der Waals surface area contributed by atoms with E-state index in [0.29, 0.717) is 6.32 Å². The number of benzene rings is 9. The summed E-state index contributed by atoms with van der Waals surface area (Å²) in [7, 11) is -1.16. The minimum atomic E-state index is -1.16. The molecular formula is C78H82BClN4O2. The first-order valence-electron chi connectivity index (χ1n) is 30.1. The summed E-state index contributed by atoms with van der Waals surface area (Å²) in [5, 5.41) is 35.3. The molecule has 0 aliphatic carbocycles. The van der Waals surface area contributed by atoms with Gasteiger partial charge in [0.1, 0.15) is 0 Å². The van der Waals surface area contributed by atoms with Gasteiger partial charge in [0.05, 0.1) is 44.1 Å². The quantitative estimate of drug-likeness (QED) is 0.105. The molecule has 86 heavy (non-hydrogen) atoms. The Bertz CT molecular complexity index is 4990. The van der Waals surface area contributed by atoms with Gasteiger partial charge in [-0.15, -0.1) is 0 Å². The Balaban J connectivity index is 0.000000143. The molecule has 0 aliphatic rings. The number of aromatic nitrogens is 4. The van der Waals surface area contributed by atoms with E-state index in [1.165, 1.54) is 120 Å². The zero-order valence-corrected chi connectivity index (χ0v) is 52.5. The highest BCUT2D eigenvalue weighted by Gasteiger charge is 2.25. The van der Waals surface area contributed by atoms with Crippen molar-refractivity contribution in [1.29, 1.82) is 0 Å². The molecule has 0 amide bonds. The van der Waals surface area contributed by atoms with Crippen molar-refractivity contribution >= 4 is 138 Å². The Morgan fingerprint density at radius 3 is 1.24 bits per heavy atom. The fourth-order valence-electron chi connectivity index (χ4n) is 13.4. The highest BCUT2D eigenvalue weighted by molar-refractivity contribution is 6.41. The van der Waals surface area contributed by atoms with Crippen molar-refractivity contribution in [2.45, 2.75) is 123 Å². The van der Waals surface area contributed by atoms with Crippen LogP contribution in [0.2, 0.25) is 11.3 Å². The molecule has 2 N–H and O–H groups in total. The molecule has 0 unspecified atom stereocenters. The van der Waals surface area contributed by atoms with Crippen LogP contribution in [0.15, 0.2) is 176 Å². The van der Waals surface area contributed by atoms with E-state index < -0.39 is 7.12 Å². The zero-order valence-electron chi connectivity index (χ0n) is 51.7. The molecule has 6 nitrogen and oxygen atoms in total. The van der Waals surface area contributed by atoms with E-state index in [9.17, 15) is 0 Å². The summed E-state index contributed by atoms with van der Waals surface area (Å²) in [6, 6.07) is 59.8. The lowest BCUT2D eigenvalue weighted by Gasteiger charge is -2.20. The minimum absolute atomic E-state index is 0. The first kappa shape index (κ1) is 59.9. The summed E-state index contributed by atoms with van der Waals surface area (Å²) in [6.45, 7) is 28.8. The maximum absolute atomic E-state index is 8.44. The Hall–Kier alpha value is -7.81. The van der Waals surface area contributed by atoms with Gasteiger partial charge in [-0.25, -0.2) is 0 Å². The molecule has 6 heterocycles. The molecule has 0 radical (unpaired) electrons. The highest BCUT2D eigenvalue weighted by atomic mass is 35.5. The largest absolute Gasteiger partial charge is 0.451 e. The van der Waals surface area contributed by atoms with Crippen LogP contribution in [0.5, 0.6) is 0 Å². The summed E-state index contributed by atoms with van der Waals surface area (Å²) < 4.78 is 4.95. The molecule has 8 heteroatoms. The fourth-order valence-corrected chi connectivity index (χ4v) is 13.6. The molecule has 436 valence electrons. The van der Waals surface area contributed by atoms with Crippen LogP contribution in [0.25, 0.3) is 120 Å². The second-order valence-electron chi connectivity index (χ2n) is 28.8. The van der Waals surface area contributed by atoms with Crippen LogP contribution >= 0.6 is 11.6 Å². The van der Waals surface area contributed by atoms with E-state index in [-0.39, 0.29) is 29.1 Å². The van der Waals surface area contributed by atoms with Crippen LogP contribution in [0.3, 0.4) is 0 Å². The van der Waals surface area contributed by atoms with Gasteiger partial charge in [0.25, 0.3) is 0 Å². The van der Waals surface area contributed by atoms with Crippen molar-refractivity contribution in [3.05, 3.63) is 203 Å². The average molecular weight is 1150 g/mol. The van der Waals surface area contributed by atoms with Gasteiger partial charge in [-0.1, -0.05) is 205 Å². The van der Waals surface area contributed by atoms with Crippen molar-refractivity contribution in [3.63, 3.8) is 0 Å². The predicted molar refractivity (Wildman–Crippen MR) is 375 cm³/mol. The predicted octanol–water partition coefficient (Wildman–Crippen LogP) is 21.6. The Kier molecular flexibility index (Phi) is 15.7. The second-order valence-corrected chi connectivity index (χ2v) is 29.2. The number of fused-ring (bicyclic) bond motifs is 14. The number of hydrogen-bond donors (Lipinski definition) is 2. The van der Waals surface area contributed by atoms with Gasteiger partial charge in [-0.2, -0.15) is 0 Å². The molecule has 6 aromatic heterocycles. The van der Waals surface area contributed by atoms with Gasteiger partial charge < -0.3 is 18.8 Å². The summed E-state index contributed by atoms with van der Waals surface area (Å²) in [4.78, 5) is 9.87. The summed E-state index contributed by atoms with van der Waals surface area (Å²) in [5.41, 5.74) is 15.7. The van der Waals surface area contributed by atoms with Crippen LogP contribution in [-0.4, -0.2) is 35.9 Å². The number of rotatable bonds is 4. The van der Waals surface area contributed by atoms with E-state index in [1.54, 1.807) is 0 Å². The van der Waals surface area contributed by atoms with Crippen molar-refractivity contribution in [2.24, 2.45) is 21.7 Å². The Morgan fingerprint density at radius 1 is 0.395 bits per heavy atom. The van der Waals surface area contributed by atoms with E-state index in [0.717, 1.165) is 46.2 Å². The number of hydrogen-bond acceptors (Lipinski definition) is 4. The van der Waals surface area contributed by atoms with E-state index in [2.05, 4.69) is 218 Å². The van der Waals surface area contributed by atoms with Gasteiger partial charge in [-0.3, -0.25) is 9.97 Å².